The monoisotopic (exact) mass is 316 g/mol. The number of nitro benzene ring substituents is 1. The Labute approximate surface area is 134 Å². The van der Waals surface area contributed by atoms with Crippen LogP contribution in [0.3, 0.4) is 0 Å². The molecule has 122 valence electrons. The van der Waals surface area contributed by atoms with Crippen LogP contribution in [-0.2, 0) is 0 Å². The van der Waals surface area contributed by atoms with Crippen LogP contribution in [-0.4, -0.2) is 34.6 Å². The summed E-state index contributed by atoms with van der Waals surface area (Å²) in [5.41, 5.74) is 0.673. The number of imidazole rings is 1. The number of hydrogen-bond donors (Lipinski definition) is 1. The Hall–Kier alpha value is -2.57. The summed E-state index contributed by atoms with van der Waals surface area (Å²) >= 11 is 0. The number of rotatable bonds is 5. The molecule has 7 nitrogen and oxygen atoms in total. The van der Waals surface area contributed by atoms with Crippen LogP contribution in [0.5, 0.6) is 5.75 Å². The Morgan fingerprint density at radius 1 is 1.52 bits per heavy atom. The van der Waals surface area contributed by atoms with Crippen LogP contribution in [0.4, 0.5) is 11.4 Å². The molecule has 0 radical (unpaired) electrons. The molecule has 23 heavy (non-hydrogen) atoms. The molecular weight excluding hydrogens is 296 g/mol. The van der Waals surface area contributed by atoms with Gasteiger partial charge in [0.25, 0.3) is 0 Å². The standard InChI is InChI=1S/C16H20N4O3/c1-2-23-14-7-3-6-13(15(14)20(21)22)19-10-4-5-12(11-19)16-17-8-9-18-16/h3,6-9,12H,2,4-5,10-11H2,1H3,(H,17,18). The van der Waals surface area contributed by atoms with Crippen LogP contribution in [0, 0.1) is 10.1 Å². The molecule has 0 spiro atoms. The number of para-hydroxylation sites is 1. The van der Waals surface area contributed by atoms with Crippen molar-refractivity contribution < 1.29 is 9.66 Å². The summed E-state index contributed by atoms with van der Waals surface area (Å²) < 4.78 is 5.44. The van der Waals surface area contributed by atoms with Crippen LogP contribution in [0.15, 0.2) is 30.6 Å². The summed E-state index contributed by atoms with van der Waals surface area (Å²) in [5, 5.41) is 11.6. The third-order valence-corrected chi connectivity index (χ3v) is 4.13. The minimum Gasteiger partial charge on any atom is -0.487 e. The molecule has 7 heteroatoms. The lowest BCUT2D eigenvalue weighted by Gasteiger charge is -2.33. The third kappa shape index (κ3) is 3.13. The average Bonchev–Trinajstić information content (AvgIpc) is 3.09. The number of aromatic amines is 1. The first-order valence-electron chi connectivity index (χ1n) is 7.85. The Bertz CT molecular complexity index is 672. The fourth-order valence-corrected chi connectivity index (χ4v) is 3.14. The van der Waals surface area contributed by atoms with Crippen molar-refractivity contribution in [1.29, 1.82) is 0 Å². The van der Waals surface area contributed by atoms with Gasteiger partial charge >= 0.3 is 5.69 Å². The molecular formula is C16H20N4O3. The largest absolute Gasteiger partial charge is 0.487 e. The molecule has 3 rings (SSSR count). The second kappa shape index (κ2) is 6.68. The Balaban J connectivity index is 1.91. The predicted octanol–water partition coefficient (Wildman–Crippen LogP) is 3.10. The number of nitrogens with zero attached hydrogens (tertiary/aromatic N) is 3. The van der Waals surface area contributed by atoms with Crippen molar-refractivity contribution in [3.05, 3.63) is 46.5 Å². The zero-order valence-electron chi connectivity index (χ0n) is 13.1. The number of hydrogen-bond acceptors (Lipinski definition) is 5. The van der Waals surface area contributed by atoms with Crippen LogP contribution >= 0.6 is 0 Å². The van der Waals surface area contributed by atoms with Gasteiger partial charge in [-0.3, -0.25) is 10.1 Å². The molecule has 1 saturated heterocycles. The molecule has 1 N–H and O–H groups in total. The Morgan fingerprint density at radius 3 is 3.09 bits per heavy atom. The topological polar surface area (TPSA) is 84.3 Å². The minimum absolute atomic E-state index is 0.0504. The Kier molecular flexibility index (Phi) is 4.45. The molecule has 1 aromatic heterocycles. The van der Waals surface area contributed by atoms with Crippen LogP contribution in [0.1, 0.15) is 31.5 Å². The Morgan fingerprint density at radius 2 is 2.39 bits per heavy atom. The van der Waals surface area contributed by atoms with E-state index in [0.717, 1.165) is 25.2 Å². The van der Waals surface area contributed by atoms with Gasteiger partial charge in [0.2, 0.25) is 0 Å². The summed E-state index contributed by atoms with van der Waals surface area (Å²) in [4.78, 5) is 20.8. The van der Waals surface area contributed by atoms with Gasteiger partial charge in [-0.15, -0.1) is 0 Å². The highest BCUT2D eigenvalue weighted by Gasteiger charge is 2.29. The molecule has 2 aromatic rings. The number of ether oxygens (including phenoxy) is 1. The minimum atomic E-state index is -0.350. The first-order valence-corrected chi connectivity index (χ1v) is 7.85. The van der Waals surface area contributed by atoms with E-state index in [4.69, 9.17) is 4.74 Å². The highest BCUT2D eigenvalue weighted by Crippen LogP contribution is 2.39. The average molecular weight is 316 g/mol. The molecule has 1 aliphatic rings. The number of H-pyrrole nitrogens is 1. The second-order valence-electron chi connectivity index (χ2n) is 5.57. The van der Waals surface area contributed by atoms with Crippen molar-refractivity contribution in [2.24, 2.45) is 0 Å². The third-order valence-electron chi connectivity index (χ3n) is 4.13. The number of piperidine rings is 1. The van der Waals surface area contributed by atoms with Crippen molar-refractivity contribution in [2.75, 3.05) is 24.6 Å². The van der Waals surface area contributed by atoms with Crippen molar-refractivity contribution in [3.8, 4) is 5.75 Å². The summed E-state index contributed by atoms with van der Waals surface area (Å²) in [6.07, 6.45) is 5.56. The van der Waals surface area contributed by atoms with Gasteiger partial charge in [0.1, 0.15) is 11.5 Å². The lowest BCUT2D eigenvalue weighted by Crippen LogP contribution is -2.35. The smallest absolute Gasteiger partial charge is 0.333 e. The molecule has 1 atom stereocenters. The van der Waals surface area contributed by atoms with E-state index in [-0.39, 0.29) is 16.5 Å². The van der Waals surface area contributed by atoms with Crippen molar-refractivity contribution in [2.45, 2.75) is 25.7 Å². The van der Waals surface area contributed by atoms with E-state index in [1.165, 1.54) is 0 Å². The molecule has 0 amide bonds. The lowest BCUT2D eigenvalue weighted by molar-refractivity contribution is -0.385. The first-order chi connectivity index (χ1) is 11.2. The van der Waals surface area contributed by atoms with E-state index >= 15 is 0 Å². The van der Waals surface area contributed by atoms with E-state index in [9.17, 15) is 10.1 Å². The van der Waals surface area contributed by atoms with Gasteiger partial charge in [-0.25, -0.2) is 4.98 Å². The van der Waals surface area contributed by atoms with Crippen molar-refractivity contribution in [1.82, 2.24) is 9.97 Å². The highest BCUT2D eigenvalue weighted by atomic mass is 16.6. The maximum atomic E-state index is 11.6. The molecule has 1 unspecified atom stereocenters. The SMILES string of the molecule is CCOc1cccc(N2CCCC(c3ncc[nH]3)C2)c1[N+](=O)[O-]. The van der Waals surface area contributed by atoms with Gasteiger partial charge in [0, 0.05) is 31.4 Å². The molecule has 0 aliphatic carbocycles. The van der Waals surface area contributed by atoms with Crippen LogP contribution in [0.2, 0.25) is 0 Å². The maximum Gasteiger partial charge on any atom is 0.333 e. The molecule has 1 aromatic carbocycles. The molecule has 1 aliphatic heterocycles. The van der Waals surface area contributed by atoms with Gasteiger partial charge in [-0.2, -0.15) is 0 Å². The fourth-order valence-electron chi connectivity index (χ4n) is 3.14. The van der Waals surface area contributed by atoms with Crippen LogP contribution < -0.4 is 9.64 Å². The maximum absolute atomic E-state index is 11.6. The van der Waals surface area contributed by atoms with Gasteiger partial charge in [-0.1, -0.05) is 6.07 Å². The fraction of sp³-hybridized carbons (Fsp3) is 0.438. The summed E-state index contributed by atoms with van der Waals surface area (Å²) in [6, 6.07) is 5.26. The van der Waals surface area contributed by atoms with Crippen molar-refractivity contribution in [3.63, 3.8) is 0 Å². The number of aromatic nitrogens is 2. The number of nitro groups is 1. The highest BCUT2D eigenvalue weighted by molar-refractivity contribution is 5.70. The zero-order chi connectivity index (χ0) is 16.2. The van der Waals surface area contributed by atoms with Gasteiger partial charge in [-0.05, 0) is 31.9 Å². The molecule has 2 heterocycles. The van der Waals surface area contributed by atoms with Gasteiger partial charge in [0.05, 0.1) is 11.5 Å². The predicted molar refractivity (Wildman–Crippen MR) is 87.0 cm³/mol. The summed E-state index contributed by atoms with van der Waals surface area (Å²) in [6.45, 7) is 3.74. The second-order valence-corrected chi connectivity index (χ2v) is 5.57. The van der Waals surface area contributed by atoms with Gasteiger partial charge in [0.15, 0.2) is 5.75 Å². The zero-order valence-corrected chi connectivity index (χ0v) is 13.1. The van der Waals surface area contributed by atoms with E-state index in [1.54, 1.807) is 18.3 Å². The van der Waals surface area contributed by atoms with E-state index in [2.05, 4.69) is 14.9 Å². The molecule has 0 bridgehead atoms. The van der Waals surface area contributed by atoms with E-state index < -0.39 is 0 Å². The first kappa shape index (κ1) is 15.3. The van der Waals surface area contributed by atoms with Crippen molar-refractivity contribution >= 4 is 11.4 Å². The molecule has 0 saturated carbocycles. The quantitative estimate of drug-likeness (QED) is 0.677. The summed E-state index contributed by atoms with van der Waals surface area (Å²) in [7, 11) is 0. The normalized spacial score (nSPS) is 18.0. The van der Waals surface area contributed by atoms with Gasteiger partial charge < -0.3 is 14.6 Å². The lowest BCUT2D eigenvalue weighted by atomic mass is 9.96. The van der Waals surface area contributed by atoms with E-state index in [0.29, 0.717) is 24.6 Å². The number of anilines is 1. The van der Waals surface area contributed by atoms with E-state index in [1.807, 2.05) is 19.2 Å². The number of benzene rings is 1. The van der Waals surface area contributed by atoms with Crippen LogP contribution in [0.25, 0.3) is 0 Å². The molecule has 1 fully saturated rings. The summed E-state index contributed by atoms with van der Waals surface area (Å²) in [5.74, 6) is 1.53. The number of nitrogens with one attached hydrogen (secondary N) is 1.